The Bertz CT molecular complexity index is 547. The molecular weight excluding hydrogens is 380 g/mol. The maximum atomic E-state index is 12.3. The fraction of sp³-hybridized carbons (Fsp3) is 0.667. The van der Waals surface area contributed by atoms with E-state index in [1.54, 1.807) is 30.0 Å². The summed E-state index contributed by atoms with van der Waals surface area (Å²) in [5, 5.41) is -0.416. The first-order chi connectivity index (χ1) is 9.49. The van der Waals surface area contributed by atoms with Gasteiger partial charge in [-0.05, 0) is 28.1 Å². The zero-order valence-electron chi connectivity index (χ0n) is 11.3. The lowest BCUT2D eigenvalue weighted by Gasteiger charge is -2.39. The van der Waals surface area contributed by atoms with Crippen molar-refractivity contribution < 1.29 is 8.42 Å². The highest BCUT2D eigenvalue weighted by molar-refractivity contribution is 9.11. The molecule has 4 nitrogen and oxygen atoms in total. The molecule has 8 heteroatoms. The van der Waals surface area contributed by atoms with Gasteiger partial charge in [-0.25, -0.2) is 8.42 Å². The molecule has 1 aliphatic rings. The SMILES string of the molecule is CCS(=O)(=O)C1CSCCN1C(CN)c1ccc(Br)s1. The van der Waals surface area contributed by atoms with Crippen molar-refractivity contribution in [1.82, 2.24) is 4.90 Å². The van der Waals surface area contributed by atoms with Crippen LogP contribution in [0.3, 0.4) is 0 Å². The second kappa shape index (κ2) is 7.11. The number of hydrogen-bond donors (Lipinski definition) is 1. The van der Waals surface area contributed by atoms with Crippen molar-refractivity contribution in [2.75, 3.05) is 30.3 Å². The highest BCUT2D eigenvalue weighted by Gasteiger charge is 2.37. The standard InChI is InChI=1S/C12H19BrN2O2S3/c1-2-20(16,17)12-8-18-6-5-15(12)9(7-14)10-3-4-11(13)19-10/h3-4,9,12H,2,5-8,14H2,1H3. The van der Waals surface area contributed by atoms with Gasteiger partial charge in [-0.3, -0.25) is 4.90 Å². The number of thiophene rings is 1. The van der Waals surface area contributed by atoms with Gasteiger partial charge in [-0.1, -0.05) is 6.92 Å². The molecule has 1 aliphatic heterocycles. The van der Waals surface area contributed by atoms with Crippen LogP contribution in [0, 0.1) is 0 Å². The third-order valence-electron chi connectivity index (χ3n) is 3.49. The predicted octanol–water partition coefficient (Wildman–Crippen LogP) is 2.32. The van der Waals surface area contributed by atoms with Gasteiger partial charge < -0.3 is 5.73 Å². The van der Waals surface area contributed by atoms with Gasteiger partial charge in [0.1, 0.15) is 5.37 Å². The topological polar surface area (TPSA) is 63.4 Å². The Labute approximate surface area is 137 Å². The minimum Gasteiger partial charge on any atom is -0.329 e. The molecule has 2 unspecified atom stereocenters. The molecule has 2 rings (SSSR count). The third-order valence-corrected chi connectivity index (χ3v) is 8.52. The molecule has 1 aromatic heterocycles. The van der Waals surface area contributed by atoms with Crippen molar-refractivity contribution in [3.8, 4) is 0 Å². The zero-order valence-corrected chi connectivity index (χ0v) is 15.3. The second-order valence-electron chi connectivity index (χ2n) is 4.61. The van der Waals surface area contributed by atoms with Crippen LogP contribution in [0.2, 0.25) is 0 Å². The van der Waals surface area contributed by atoms with E-state index >= 15 is 0 Å². The molecule has 1 aromatic rings. The first-order valence-corrected chi connectivity index (χ1v) is 11.0. The molecule has 1 saturated heterocycles. The summed E-state index contributed by atoms with van der Waals surface area (Å²) < 4.78 is 25.7. The van der Waals surface area contributed by atoms with Crippen LogP contribution < -0.4 is 5.73 Å². The Kier molecular flexibility index (Phi) is 5.96. The normalized spacial score (nSPS) is 22.9. The van der Waals surface area contributed by atoms with E-state index in [1.807, 2.05) is 12.1 Å². The van der Waals surface area contributed by atoms with E-state index in [-0.39, 0.29) is 11.8 Å². The largest absolute Gasteiger partial charge is 0.329 e. The number of halogens is 1. The molecule has 114 valence electrons. The maximum absolute atomic E-state index is 12.3. The summed E-state index contributed by atoms with van der Waals surface area (Å²) in [4.78, 5) is 3.20. The smallest absolute Gasteiger partial charge is 0.166 e. The quantitative estimate of drug-likeness (QED) is 0.824. The zero-order chi connectivity index (χ0) is 14.8. The lowest BCUT2D eigenvalue weighted by Crippen LogP contribution is -2.50. The number of rotatable bonds is 5. The Morgan fingerprint density at radius 3 is 2.85 bits per heavy atom. The Balaban J connectivity index is 2.30. The van der Waals surface area contributed by atoms with E-state index in [2.05, 4.69) is 20.8 Å². The lowest BCUT2D eigenvalue weighted by atomic mass is 10.2. The highest BCUT2D eigenvalue weighted by atomic mass is 79.9. The highest BCUT2D eigenvalue weighted by Crippen LogP contribution is 2.34. The first-order valence-electron chi connectivity index (χ1n) is 6.50. The monoisotopic (exact) mass is 398 g/mol. The second-order valence-corrected chi connectivity index (χ2v) is 10.7. The van der Waals surface area contributed by atoms with Gasteiger partial charge in [0.15, 0.2) is 9.84 Å². The number of sulfone groups is 1. The van der Waals surface area contributed by atoms with Crippen molar-refractivity contribution in [1.29, 1.82) is 0 Å². The van der Waals surface area contributed by atoms with Crippen LogP contribution in [-0.2, 0) is 9.84 Å². The van der Waals surface area contributed by atoms with Crippen molar-refractivity contribution in [3.05, 3.63) is 20.8 Å². The van der Waals surface area contributed by atoms with E-state index in [9.17, 15) is 8.42 Å². The van der Waals surface area contributed by atoms with Gasteiger partial charge in [0.2, 0.25) is 0 Å². The van der Waals surface area contributed by atoms with E-state index < -0.39 is 15.2 Å². The molecule has 0 amide bonds. The summed E-state index contributed by atoms with van der Waals surface area (Å²) in [5.74, 6) is 1.78. The first kappa shape index (κ1) is 16.8. The van der Waals surface area contributed by atoms with Crippen molar-refractivity contribution in [2.45, 2.75) is 18.3 Å². The molecule has 2 N–H and O–H groups in total. The molecule has 0 aromatic carbocycles. The van der Waals surface area contributed by atoms with Crippen LogP contribution in [0.5, 0.6) is 0 Å². The number of hydrogen-bond acceptors (Lipinski definition) is 6. The molecular formula is C12H19BrN2O2S3. The van der Waals surface area contributed by atoms with Crippen LogP contribution >= 0.6 is 39.0 Å². The molecule has 0 spiro atoms. The summed E-state index contributed by atoms with van der Waals surface area (Å²) in [6.07, 6.45) is 0. The Morgan fingerprint density at radius 2 is 2.30 bits per heavy atom. The molecule has 0 saturated carbocycles. The number of thioether (sulfide) groups is 1. The summed E-state index contributed by atoms with van der Waals surface area (Å²) >= 11 is 6.80. The van der Waals surface area contributed by atoms with E-state index in [1.165, 1.54) is 0 Å². The van der Waals surface area contributed by atoms with Gasteiger partial charge in [0.25, 0.3) is 0 Å². The van der Waals surface area contributed by atoms with E-state index in [0.717, 1.165) is 21.0 Å². The summed E-state index contributed by atoms with van der Waals surface area (Å²) in [6.45, 7) is 2.92. The van der Waals surface area contributed by atoms with Crippen molar-refractivity contribution in [2.24, 2.45) is 5.73 Å². The summed E-state index contributed by atoms with van der Waals surface area (Å²) in [5.41, 5.74) is 5.94. The van der Waals surface area contributed by atoms with E-state index in [4.69, 9.17) is 5.73 Å². The summed E-state index contributed by atoms with van der Waals surface area (Å²) in [7, 11) is -3.08. The molecule has 2 heterocycles. The Morgan fingerprint density at radius 1 is 1.55 bits per heavy atom. The predicted molar refractivity (Wildman–Crippen MR) is 91.1 cm³/mol. The fourth-order valence-electron chi connectivity index (χ4n) is 2.38. The number of nitrogens with two attached hydrogens (primary N) is 1. The van der Waals surface area contributed by atoms with E-state index in [0.29, 0.717) is 12.3 Å². The minimum absolute atomic E-state index is 0.0153. The van der Waals surface area contributed by atoms with Gasteiger partial charge in [-0.2, -0.15) is 11.8 Å². The van der Waals surface area contributed by atoms with Crippen LogP contribution in [0.25, 0.3) is 0 Å². The maximum Gasteiger partial charge on any atom is 0.166 e. The van der Waals surface area contributed by atoms with Gasteiger partial charge in [0.05, 0.1) is 9.83 Å². The molecule has 0 radical (unpaired) electrons. The molecule has 0 aliphatic carbocycles. The summed E-state index contributed by atoms with van der Waals surface area (Å²) in [6, 6.07) is 4.01. The van der Waals surface area contributed by atoms with Gasteiger partial charge >= 0.3 is 0 Å². The Hall–Kier alpha value is 0.400. The average molecular weight is 399 g/mol. The van der Waals surface area contributed by atoms with Crippen molar-refractivity contribution >= 4 is 48.9 Å². The fourth-order valence-corrected chi connectivity index (χ4v) is 7.00. The van der Waals surface area contributed by atoms with Crippen LogP contribution in [0.15, 0.2) is 15.9 Å². The third kappa shape index (κ3) is 3.59. The minimum atomic E-state index is -3.08. The van der Waals surface area contributed by atoms with Crippen LogP contribution in [0.1, 0.15) is 17.8 Å². The molecule has 2 atom stereocenters. The lowest BCUT2D eigenvalue weighted by molar-refractivity contribution is 0.200. The van der Waals surface area contributed by atoms with Crippen molar-refractivity contribution in [3.63, 3.8) is 0 Å². The number of nitrogens with zero attached hydrogens (tertiary/aromatic N) is 1. The van der Waals surface area contributed by atoms with Gasteiger partial charge in [-0.15, -0.1) is 11.3 Å². The molecule has 0 bridgehead atoms. The van der Waals surface area contributed by atoms with Crippen LogP contribution in [-0.4, -0.2) is 49.0 Å². The molecule has 1 fully saturated rings. The molecule has 20 heavy (non-hydrogen) atoms. The average Bonchev–Trinajstić information content (AvgIpc) is 2.86. The van der Waals surface area contributed by atoms with Crippen LogP contribution in [0.4, 0.5) is 0 Å². The van der Waals surface area contributed by atoms with Gasteiger partial charge in [0, 0.05) is 35.2 Å².